The molecule has 0 radical (unpaired) electrons. The molecule has 2 atom stereocenters. The van der Waals surface area contributed by atoms with Crippen LogP contribution in [0.1, 0.15) is 66.9 Å². The van der Waals surface area contributed by atoms with Gasteiger partial charge in [0.15, 0.2) is 0 Å². The molecular weight excluding hydrogens is 431 g/mol. The summed E-state index contributed by atoms with van der Waals surface area (Å²) in [5.74, 6) is -0.319. The van der Waals surface area contributed by atoms with Gasteiger partial charge < -0.3 is 14.4 Å². The van der Waals surface area contributed by atoms with Crippen molar-refractivity contribution in [1.82, 2.24) is 9.47 Å². The molecule has 5 rings (SSSR count). The second kappa shape index (κ2) is 9.06. The molecule has 1 aliphatic carbocycles. The van der Waals surface area contributed by atoms with Crippen LogP contribution >= 0.6 is 0 Å². The molecule has 180 valence electrons. The molecule has 2 heterocycles. The minimum atomic E-state index is -0.887. The number of esters is 1. The van der Waals surface area contributed by atoms with E-state index >= 15 is 4.39 Å². The molecule has 0 amide bonds. The highest BCUT2D eigenvalue weighted by atomic mass is 19.1. The Kier molecular flexibility index (Phi) is 6.11. The molecule has 1 N–H and O–H groups in total. The molecule has 2 aliphatic rings. The molecule has 1 aromatic heterocycles. The van der Waals surface area contributed by atoms with Crippen molar-refractivity contribution in [2.45, 2.75) is 70.8 Å². The van der Waals surface area contributed by atoms with Gasteiger partial charge in [-0.3, -0.25) is 4.90 Å². The van der Waals surface area contributed by atoms with E-state index in [1.165, 1.54) is 7.11 Å². The van der Waals surface area contributed by atoms with Gasteiger partial charge in [0.1, 0.15) is 11.9 Å². The van der Waals surface area contributed by atoms with Crippen molar-refractivity contribution < 1.29 is 19.0 Å². The Balaban J connectivity index is 1.82. The lowest BCUT2D eigenvalue weighted by molar-refractivity contribution is 0.0601. The molecule has 2 aromatic carbocycles. The summed E-state index contributed by atoms with van der Waals surface area (Å²) >= 11 is 0. The third-order valence-electron chi connectivity index (χ3n) is 7.64. The fraction of sp³-hybridized carbons (Fsp3) is 0.464. The van der Waals surface area contributed by atoms with Crippen molar-refractivity contribution in [2.24, 2.45) is 0 Å². The summed E-state index contributed by atoms with van der Waals surface area (Å²) in [7, 11) is 1.39. The van der Waals surface area contributed by atoms with Gasteiger partial charge in [-0.15, -0.1) is 0 Å². The number of aromatic hydroxyl groups is 1. The number of carbonyl (C=O) groups is 1. The summed E-state index contributed by atoms with van der Waals surface area (Å²) in [6.45, 7) is 6.62. The number of benzene rings is 2. The van der Waals surface area contributed by atoms with Gasteiger partial charge in [-0.05, 0) is 68.1 Å². The number of nitrogens with zero attached hydrogens (tertiary/aromatic N) is 2. The Morgan fingerprint density at radius 2 is 1.91 bits per heavy atom. The first-order valence-electron chi connectivity index (χ1n) is 12.3. The van der Waals surface area contributed by atoms with Gasteiger partial charge in [-0.1, -0.05) is 18.9 Å². The number of halogens is 1. The predicted octanol–water partition coefficient (Wildman–Crippen LogP) is 6.02. The number of hydrogen-bond donors (Lipinski definition) is 1. The molecule has 5 nitrogen and oxygen atoms in total. The summed E-state index contributed by atoms with van der Waals surface area (Å²) in [4.78, 5) is 14.7. The van der Waals surface area contributed by atoms with E-state index in [0.29, 0.717) is 18.0 Å². The lowest BCUT2D eigenvalue weighted by Gasteiger charge is -2.32. The Bertz CT molecular complexity index is 1230. The van der Waals surface area contributed by atoms with Crippen LogP contribution in [-0.2, 0) is 17.8 Å². The molecule has 1 saturated carbocycles. The number of ether oxygens (including phenoxy) is 1. The van der Waals surface area contributed by atoms with Gasteiger partial charge in [0.05, 0.1) is 18.4 Å². The maximum absolute atomic E-state index is 15.4. The fourth-order valence-electron chi connectivity index (χ4n) is 5.84. The zero-order valence-electron chi connectivity index (χ0n) is 20.2. The molecule has 1 fully saturated rings. The van der Waals surface area contributed by atoms with Crippen LogP contribution in [-0.4, -0.2) is 46.4 Å². The number of hydrogen-bond acceptors (Lipinski definition) is 4. The van der Waals surface area contributed by atoms with Gasteiger partial charge in [-0.25, -0.2) is 9.18 Å². The molecule has 0 spiro atoms. The summed E-state index contributed by atoms with van der Waals surface area (Å²) in [5, 5.41) is 11.3. The van der Waals surface area contributed by atoms with Crippen LogP contribution in [0.5, 0.6) is 5.75 Å². The van der Waals surface area contributed by atoms with E-state index in [4.69, 9.17) is 4.74 Å². The standard InChI is InChI=1S/C28H33FN2O3/c1-17(2)30-12-13-31-25-15-18(28(33)34-3)8-10-23(25)26(22-6-4-5-7-24(22)29)27(31)21-11-9-20(32)14-19(21)16-30/h8-11,14-15,17,22,24,32H,4-7,12-13,16H2,1-3H3/t22-,24-/m0/s1. The van der Waals surface area contributed by atoms with Crippen molar-refractivity contribution in [1.29, 1.82) is 0 Å². The zero-order valence-corrected chi connectivity index (χ0v) is 20.2. The van der Waals surface area contributed by atoms with Crippen LogP contribution < -0.4 is 0 Å². The molecule has 6 heteroatoms. The van der Waals surface area contributed by atoms with E-state index in [9.17, 15) is 9.90 Å². The SMILES string of the molecule is COC(=O)c1ccc2c([C@H]3CCCC[C@@H]3F)c3n(c2c1)CCN(C(C)C)Cc1cc(O)ccc1-3. The first-order chi connectivity index (χ1) is 16.4. The number of alkyl halides is 1. The molecule has 0 unspecified atom stereocenters. The highest BCUT2D eigenvalue weighted by Crippen LogP contribution is 2.47. The largest absolute Gasteiger partial charge is 0.508 e. The Labute approximate surface area is 200 Å². The number of rotatable bonds is 3. The van der Waals surface area contributed by atoms with Gasteiger partial charge in [0, 0.05) is 48.1 Å². The van der Waals surface area contributed by atoms with E-state index < -0.39 is 6.17 Å². The highest BCUT2D eigenvalue weighted by molar-refractivity contribution is 5.99. The summed E-state index contributed by atoms with van der Waals surface area (Å²) in [6.07, 6.45) is 2.45. The molecule has 3 aromatic rings. The minimum Gasteiger partial charge on any atom is -0.508 e. The number of carbonyl (C=O) groups excluding carboxylic acids is 1. The van der Waals surface area contributed by atoms with Gasteiger partial charge in [-0.2, -0.15) is 0 Å². The van der Waals surface area contributed by atoms with Crippen LogP contribution in [0, 0.1) is 0 Å². The molecule has 1 aliphatic heterocycles. The smallest absolute Gasteiger partial charge is 0.337 e. The van der Waals surface area contributed by atoms with Crippen LogP contribution in [0.4, 0.5) is 4.39 Å². The summed E-state index contributed by atoms with van der Waals surface area (Å²) in [6, 6.07) is 11.5. The summed E-state index contributed by atoms with van der Waals surface area (Å²) in [5.41, 5.74) is 5.59. The second-order valence-electron chi connectivity index (χ2n) is 9.95. The van der Waals surface area contributed by atoms with E-state index in [-0.39, 0.29) is 17.6 Å². The average Bonchev–Trinajstić information content (AvgIpc) is 3.12. The zero-order chi connectivity index (χ0) is 24.0. The monoisotopic (exact) mass is 464 g/mol. The normalized spacial score (nSPS) is 21.1. The number of phenolic OH excluding ortho intramolecular Hbond substituents is 1. The molecule has 34 heavy (non-hydrogen) atoms. The Hall–Kier alpha value is -2.86. The lowest BCUT2D eigenvalue weighted by Crippen LogP contribution is -2.35. The van der Waals surface area contributed by atoms with Crippen LogP contribution in [0.3, 0.4) is 0 Å². The maximum atomic E-state index is 15.4. The van der Waals surface area contributed by atoms with Crippen LogP contribution in [0.15, 0.2) is 36.4 Å². The van der Waals surface area contributed by atoms with E-state index in [1.54, 1.807) is 12.1 Å². The quantitative estimate of drug-likeness (QED) is 0.482. The van der Waals surface area contributed by atoms with Crippen LogP contribution in [0.2, 0.25) is 0 Å². The average molecular weight is 465 g/mol. The van der Waals surface area contributed by atoms with Gasteiger partial charge in [0.2, 0.25) is 0 Å². The van der Waals surface area contributed by atoms with E-state index in [2.05, 4.69) is 23.3 Å². The van der Waals surface area contributed by atoms with Crippen molar-refractivity contribution in [3.8, 4) is 17.0 Å². The van der Waals surface area contributed by atoms with Gasteiger partial charge in [0.25, 0.3) is 0 Å². The number of phenols is 1. The Morgan fingerprint density at radius 1 is 1.12 bits per heavy atom. The topological polar surface area (TPSA) is 54.7 Å². The predicted molar refractivity (Wildman–Crippen MR) is 132 cm³/mol. The van der Waals surface area contributed by atoms with Crippen molar-refractivity contribution in [3.05, 3.63) is 53.1 Å². The van der Waals surface area contributed by atoms with Crippen molar-refractivity contribution in [2.75, 3.05) is 13.7 Å². The Morgan fingerprint density at radius 3 is 2.65 bits per heavy atom. The second-order valence-corrected chi connectivity index (χ2v) is 9.95. The highest BCUT2D eigenvalue weighted by Gasteiger charge is 2.34. The first-order valence-corrected chi connectivity index (χ1v) is 12.3. The maximum Gasteiger partial charge on any atom is 0.337 e. The van der Waals surface area contributed by atoms with Crippen molar-refractivity contribution in [3.63, 3.8) is 0 Å². The third-order valence-corrected chi connectivity index (χ3v) is 7.64. The molecular formula is C28H33FN2O3. The first kappa shape index (κ1) is 22.9. The fourth-order valence-corrected chi connectivity index (χ4v) is 5.84. The molecule has 0 saturated heterocycles. The van der Waals surface area contributed by atoms with E-state index in [1.807, 2.05) is 24.3 Å². The summed E-state index contributed by atoms with van der Waals surface area (Å²) < 4.78 is 22.7. The minimum absolute atomic E-state index is 0.182. The van der Waals surface area contributed by atoms with Crippen molar-refractivity contribution >= 4 is 16.9 Å². The van der Waals surface area contributed by atoms with Crippen LogP contribution in [0.25, 0.3) is 22.2 Å². The third kappa shape index (κ3) is 3.88. The number of fused-ring (bicyclic) bond motifs is 5. The van der Waals surface area contributed by atoms with Gasteiger partial charge >= 0.3 is 5.97 Å². The lowest BCUT2D eigenvalue weighted by atomic mass is 9.80. The number of methoxy groups -OCH3 is 1. The number of aromatic nitrogens is 1. The molecule has 0 bridgehead atoms. The van der Waals surface area contributed by atoms with E-state index in [0.717, 1.165) is 72.2 Å².